The van der Waals surface area contributed by atoms with E-state index in [1.807, 2.05) is 42.5 Å². The van der Waals surface area contributed by atoms with Gasteiger partial charge in [-0.25, -0.2) is 0 Å². The average Bonchev–Trinajstić information content (AvgIpc) is 2.53. The second kappa shape index (κ2) is 6.87. The van der Waals surface area contributed by atoms with Gasteiger partial charge >= 0.3 is 0 Å². The van der Waals surface area contributed by atoms with Gasteiger partial charge in [0.15, 0.2) is 5.78 Å². The Bertz CT molecular complexity index is 566. The Kier molecular flexibility index (Phi) is 4.91. The molecular formula is C17H19NO2. The van der Waals surface area contributed by atoms with E-state index < -0.39 is 0 Å². The third-order valence-corrected chi connectivity index (χ3v) is 3.32. The van der Waals surface area contributed by atoms with Gasteiger partial charge in [0.1, 0.15) is 5.75 Å². The predicted octanol–water partition coefficient (Wildman–Crippen LogP) is 3.36. The van der Waals surface area contributed by atoms with Crippen molar-refractivity contribution in [3.05, 3.63) is 65.7 Å². The van der Waals surface area contributed by atoms with E-state index in [4.69, 9.17) is 10.5 Å². The molecule has 0 aromatic heterocycles. The Morgan fingerprint density at radius 3 is 2.45 bits per heavy atom. The Labute approximate surface area is 119 Å². The number of rotatable bonds is 6. The molecule has 2 N–H and O–H groups in total. The van der Waals surface area contributed by atoms with Crippen molar-refractivity contribution in [2.45, 2.75) is 18.9 Å². The topological polar surface area (TPSA) is 52.3 Å². The molecule has 2 rings (SSSR count). The first-order valence-electron chi connectivity index (χ1n) is 6.69. The number of para-hydroxylation sites is 1. The second-order valence-electron chi connectivity index (χ2n) is 4.68. The van der Waals surface area contributed by atoms with Crippen LogP contribution in [0.1, 0.15) is 34.8 Å². The van der Waals surface area contributed by atoms with Crippen LogP contribution in [0.3, 0.4) is 0 Å². The van der Waals surface area contributed by atoms with E-state index in [0.29, 0.717) is 24.2 Å². The van der Waals surface area contributed by atoms with Crippen LogP contribution < -0.4 is 10.5 Å². The van der Waals surface area contributed by atoms with Crippen LogP contribution in [-0.2, 0) is 0 Å². The summed E-state index contributed by atoms with van der Waals surface area (Å²) in [5.74, 6) is 0.680. The normalized spacial score (nSPS) is 11.9. The molecule has 3 heteroatoms. The molecule has 0 saturated carbocycles. The van der Waals surface area contributed by atoms with E-state index in [9.17, 15) is 4.79 Å². The van der Waals surface area contributed by atoms with E-state index in [1.54, 1.807) is 19.2 Å². The summed E-state index contributed by atoms with van der Waals surface area (Å²) in [6.07, 6.45) is 1.04. The summed E-state index contributed by atoms with van der Waals surface area (Å²) in [5.41, 5.74) is 7.78. The van der Waals surface area contributed by atoms with Crippen LogP contribution in [0, 0.1) is 0 Å². The smallest absolute Gasteiger partial charge is 0.166 e. The minimum atomic E-state index is -0.116. The van der Waals surface area contributed by atoms with Crippen molar-refractivity contribution in [3.63, 3.8) is 0 Å². The maximum atomic E-state index is 12.2. The van der Waals surface area contributed by atoms with Gasteiger partial charge in [0.2, 0.25) is 0 Å². The van der Waals surface area contributed by atoms with Crippen LogP contribution in [0.5, 0.6) is 5.75 Å². The first kappa shape index (κ1) is 14.3. The summed E-state index contributed by atoms with van der Waals surface area (Å²) < 4.78 is 5.21. The number of hydrogen-bond acceptors (Lipinski definition) is 3. The molecule has 0 aliphatic carbocycles. The third kappa shape index (κ3) is 3.45. The highest BCUT2D eigenvalue weighted by Gasteiger charge is 2.13. The average molecular weight is 269 g/mol. The lowest BCUT2D eigenvalue weighted by Crippen LogP contribution is -2.12. The Morgan fingerprint density at radius 1 is 1.10 bits per heavy atom. The quantitative estimate of drug-likeness (QED) is 0.818. The van der Waals surface area contributed by atoms with Gasteiger partial charge in [0.05, 0.1) is 12.7 Å². The van der Waals surface area contributed by atoms with E-state index in [2.05, 4.69) is 0 Å². The molecule has 0 aliphatic heterocycles. The van der Waals surface area contributed by atoms with Gasteiger partial charge in [-0.15, -0.1) is 0 Å². The fraction of sp³-hybridized carbons (Fsp3) is 0.235. The molecule has 104 valence electrons. The van der Waals surface area contributed by atoms with Crippen molar-refractivity contribution < 1.29 is 9.53 Å². The van der Waals surface area contributed by atoms with Crippen LogP contribution in [0.4, 0.5) is 0 Å². The van der Waals surface area contributed by atoms with Crippen LogP contribution in [-0.4, -0.2) is 12.9 Å². The predicted molar refractivity (Wildman–Crippen MR) is 79.9 cm³/mol. The van der Waals surface area contributed by atoms with Crippen molar-refractivity contribution in [1.82, 2.24) is 0 Å². The Balaban J connectivity index is 1.99. The zero-order valence-corrected chi connectivity index (χ0v) is 11.6. The lowest BCUT2D eigenvalue weighted by molar-refractivity contribution is 0.0974. The van der Waals surface area contributed by atoms with Gasteiger partial charge in [-0.2, -0.15) is 0 Å². The number of carbonyl (C=O) groups is 1. The first-order valence-corrected chi connectivity index (χ1v) is 6.69. The minimum absolute atomic E-state index is 0.0637. The van der Waals surface area contributed by atoms with E-state index in [1.165, 1.54) is 0 Å². The van der Waals surface area contributed by atoms with Crippen LogP contribution >= 0.6 is 0 Å². The molecule has 0 fully saturated rings. The number of carbonyl (C=O) groups excluding carboxylic acids is 1. The van der Waals surface area contributed by atoms with Crippen molar-refractivity contribution in [2.24, 2.45) is 5.73 Å². The number of hydrogen-bond donors (Lipinski definition) is 1. The Morgan fingerprint density at radius 2 is 1.75 bits per heavy atom. The van der Waals surface area contributed by atoms with Gasteiger partial charge in [-0.1, -0.05) is 42.5 Å². The molecule has 0 aliphatic rings. The molecule has 20 heavy (non-hydrogen) atoms. The van der Waals surface area contributed by atoms with Crippen LogP contribution in [0.2, 0.25) is 0 Å². The molecule has 0 heterocycles. The molecule has 0 radical (unpaired) electrons. The molecule has 0 amide bonds. The highest BCUT2D eigenvalue weighted by atomic mass is 16.5. The zero-order chi connectivity index (χ0) is 14.4. The number of ether oxygens (including phenoxy) is 1. The highest BCUT2D eigenvalue weighted by molar-refractivity contribution is 5.98. The van der Waals surface area contributed by atoms with Crippen LogP contribution in [0.15, 0.2) is 54.6 Å². The molecular weight excluding hydrogens is 250 g/mol. The fourth-order valence-corrected chi connectivity index (χ4v) is 2.16. The van der Waals surface area contributed by atoms with Crippen molar-refractivity contribution in [3.8, 4) is 5.75 Å². The zero-order valence-electron chi connectivity index (χ0n) is 11.6. The number of ketones is 1. The summed E-state index contributed by atoms with van der Waals surface area (Å²) in [6, 6.07) is 17.0. The molecule has 1 atom stereocenters. The fourth-order valence-electron chi connectivity index (χ4n) is 2.16. The Hall–Kier alpha value is -2.13. The lowest BCUT2D eigenvalue weighted by Gasteiger charge is -2.12. The summed E-state index contributed by atoms with van der Waals surface area (Å²) in [7, 11) is 1.57. The molecule has 2 aromatic rings. The van der Waals surface area contributed by atoms with Gasteiger partial charge in [-0.3, -0.25) is 4.79 Å². The molecule has 0 spiro atoms. The number of benzene rings is 2. The summed E-state index contributed by atoms with van der Waals surface area (Å²) in [5, 5.41) is 0. The SMILES string of the molecule is COc1ccccc1C(=O)CCC(N)c1ccccc1. The van der Waals surface area contributed by atoms with Gasteiger partial charge in [0, 0.05) is 12.5 Å². The second-order valence-corrected chi connectivity index (χ2v) is 4.68. The first-order chi connectivity index (χ1) is 9.72. The monoisotopic (exact) mass is 269 g/mol. The van der Waals surface area contributed by atoms with E-state index >= 15 is 0 Å². The number of Topliss-reactive ketones (excluding diaryl/α,β-unsaturated/α-hetero) is 1. The minimum Gasteiger partial charge on any atom is -0.496 e. The van der Waals surface area contributed by atoms with Gasteiger partial charge < -0.3 is 10.5 Å². The molecule has 1 unspecified atom stereocenters. The molecule has 3 nitrogen and oxygen atoms in total. The molecule has 0 saturated heterocycles. The van der Waals surface area contributed by atoms with Gasteiger partial charge in [0.25, 0.3) is 0 Å². The van der Waals surface area contributed by atoms with Gasteiger partial charge in [-0.05, 0) is 24.1 Å². The van der Waals surface area contributed by atoms with Crippen molar-refractivity contribution >= 4 is 5.78 Å². The van der Waals surface area contributed by atoms with Crippen LogP contribution in [0.25, 0.3) is 0 Å². The van der Waals surface area contributed by atoms with E-state index in [-0.39, 0.29) is 11.8 Å². The number of methoxy groups -OCH3 is 1. The highest BCUT2D eigenvalue weighted by Crippen LogP contribution is 2.22. The largest absolute Gasteiger partial charge is 0.496 e. The maximum absolute atomic E-state index is 12.2. The molecule has 0 bridgehead atoms. The molecule has 2 aromatic carbocycles. The summed E-state index contributed by atoms with van der Waals surface area (Å²) in [6.45, 7) is 0. The standard InChI is InChI=1S/C17H19NO2/c1-20-17-10-6-5-9-14(17)16(19)12-11-15(18)13-7-3-2-4-8-13/h2-10,15H,11-12,18H2,1H3. The lowest BCUT2D eigenvalue weighted by atomic mass is 9.98. The maximum Gasteiger partial charge on any atom is 0.166 e. The van der Waals surface area contributed by atoms with E-state index in [0.717, 1.165) is 5.56 Å². The van der Waals surface area contributed by atoms with Crippen molar-refractivity contribution in [1.29, 1.82) is 0 Å². The number of nitrogens with two attached hydrogens (primary N) is 1. The summed E-state index contributed by atoms with van der Waals surface area (Å²) >= 11 is 0. The van der Waals surface area contributed by atoms with Crippen molar-refractivity contribution in [2.75, 3.05) is 7.11 Å². The third-order valence-electron chi connectivity index (χ3n) is 3.32. The summed E-state index contributed by atoms with van der Waals surface area (Å²) in [4.78, 5) is 12.2.